The van der Waals surface area contributed by atoms with Crippen LogP contribution < -0.4 is 10.9 Å². The van der Waals surface area contributed by atoms with Crippen molar-refractivity contribution in [3.05, 3.63) is 112 Å². The number of ether oxygens (including phenoxy) is 1. The first-order valence-corrected chi connectivity index (χ1v) is 12.6. The minimum absolute atomic E-state index is 0.119. The third kappa shape index (κ3) is 4.83. The van der Waals surface area contributed by atoms with Crippen LogP contribution in [0.15, 0.2) is 89.7 Å². The van der Waals surface area contributed by atoms with Crippen molar-refractivity contribution in [2.75, 3.05) is 26.3 Å². The summed E-state index contributed by atoms with van der Waals surface area (Å²) in [5, 5.41) is 4.48. The Morgan fingerprint density at radius 2 is 1.50 bits per heavy atom. The topological polar surface area (TPSA) is 63.6 Å². The van der Waals surface area contributed by atoms with Crippen molar-refractivity contribution in [1.29, 1.82) is 0 Å². The smallest absolute Gasteiger partial charge is 0.263 e. The average molecular weight is 482 g/mol. The Balaban J connectivity index is 1.70. The molecule has 1 atom stereocenters. The summed E-state index contributed by atoms with van der Waals surface area (Å²) in [5.74, 6) is -0.171. The van der Waals surface area contributed by atoms with Crippen molar-refractivity contribution in [3.63, 3.8) is 0 Å². The van der Waals surface area contributed by atoms with Crippen molar-refractivity contribution < 1.29 is 9.53 Å². The van der Waals surface area contributed by atoms with Gasteiger partial charge in [-0.2, -0.15) is 0 Å². The zero-order chi connectivity index (χ0) is 24.9. The molecule has 0 saturated carbocycles. The summed E-state index contributed by atoms with van der Waals surface area (Å²) in [6.45, 7) is 5.31. The molecule has 0 spiro atoms. The second-order valence-corrected chi connectivity index (χ2v) is 9.08. The molecular weight excluding hydrogens is 450 g/mol. The van der Waals surface area contributed by atoms with Gasteiger partial charge in [-0.15, -0.1) is 0 Å². The van der Waals surface area contributed by atoms with E-state index in [1.807, 2.05) is 78.9 Å². The molecule has 0 unspecified atom stereocenters. The van der Waals surface area contributed by atoms with E-state index in [1.165, 1.54) is 0 Å². The Morgan fingerprint density at radius 3 is 2.17 bits per heavy atom. The van der Waals surface area contributed by atoms with E-state index in [4.69, 9.17) is 4.74 Å². The van der Waals surface area contributed by atoms with Crippen molar-refractivity contribution in [1.82, 2.24) is 14.8 Å². The summed E-state index contributed by atoms with van der Waals surface area (Å²) in [6.07, 6.45) is 0.755. The lowest BCUT2D eigenvalue weighted by Crippen LogP contribution is -2.39. The molecule has 2 heterocycles. The number of para-hydroxylation sites is 1. The Hall–Kier alpha value is -3.74. The number of fused-ring (bicyclic) bond motifs is 1. The van der Waals surface area contributed by atoms with Gasteiger partial charge in [0.05, 0.1) is 30.5 Å². The number of amides is 1. The van der Waals surface area contributed by atoms with Gasteiger partial charge in [0.25, 0.3) is 11.5 Å². The van der Waals surface area contributed by atoms with Crippen molar-refractivity contribution >= 4 is 16.7 Å². The zero-order valence-electron chi connectivity index (χ0n) is 20.5. The van der Waals surface area contributed by atoms with Crippen LogP contribution in [-0.4, -0.2) is 41.7 Å². The van der Waals surface area contributed by atoms with Crippen LogP contribution in [0.3, 0.4) is 0 Å². The molecule has 1 saturated heterocycles. The van der Waals surface area contributed by atoms with Crippen LogP contribution >= 0.6 is 0 Å². The Bertz CT molecular complexity index is 1390. The molecule has 5 rings (SSSR count). The third-order valence-electron chi connectivity index (χ3n) is 6.82. The first kappa shape index (κ1) is 24.0. The molecule has 4 aromatic rings. The largest absolute Gasteiger partial charge is 0.379 e. The number of carbonyl (C=O) groups excluding carboxylic acids is 1. The van der Waals surface area contributed by atoms with Crippen LogP contribution in [0.4, 0.5) is 0 Å². The normalized spacial score (nSPS) is 15.0. The first-order valence-electron chi connectivity index (χ1n) is 12.6. The number of benzene rings is 3. The summed E-state index contributed by atoms with van der Waals surface area (Å²) >= 11 is 0. The van der Waals surface area contributed by atoms with Gasteiger partial charge < -0.3 is 10.1 Å². The lowest BCUT2D eigenvalue weighted by molar-refractivity contribution is 0.0332. The molecule has 0 radical (unpaired) electrons. The number of rotatable bonds is 7. The van der Waals surface area contributed by atoms with Crippen molar-refractivity contribution in [2.45, 2.75) is 25.9 Å². The molecule has 1 N–H and O–H groups in total. The number of nitrogens with one attached hydrogen (secondary N) is 1. The van der Waals surface area contributed by atoms with Crippen LogP contribution in [0.2, 0.25) is 0 Å². The number of morpholine rings is 1. The standard InChI is InChI=1S/C30H31N3O3/c1-2-26(22-11-5-3-6-12-22)31-29(34)28-24-15-9-10-16-25(24)30(35)33(23-13-7-4-8-14-23)27(28)21-32-17-19-36-20-18-32/h3-16,26H,2,17-21H2,1H3,(H,31,34)/t26-/m0/s1. The van der Waals surface area contributed by atoms with E-state index < -0.39 is 0 Å². The monoisotopic (exact) mass is 481 g/mol. The zero-order valence-corrected chi connectivity index (χ0v) is 20.5. The Labute approximate surface area is 211 Å². The highest BCUT2D eigenvalue weighted by Crippen LogP contribution is 2.26. The molecule has 6 heteroatoms. The van der Waals surface area contributed by atoms with E-state index in [1.54, 1.807) is 10.6 Å². The maximum absolute atomic E-state index is 14.1. The summed E-state index contributed by atoms with van der Waals surface area (Å²) in [5.41, 5.74) is 2.94. The van der Waals surface area contributed by atoms with Gasteiger partial charge in [-0.3, -0.25) is 19.1 Å². The summed E-state index contributed by atoms with van der Waals surface area (Å²) < 4.78 is 7.27. The minimum atomic E-state index is -0.171. The average Bonchev–Trinajstić information content (AvgIpc) is 2.93. The van der Waals surface area contributed by atoms with Crippen LogP contribution in [-0.2, 0) is 11.3 Å². The van der Waals surface area contributed by atoms with E-state index in [-0.39, 0.29) is 17.5 Å². The van der Waals surface area contributed by atoms with Crippen LogP contribution in [0.25, 0.3) is 16.5 Å². The Morgan fingerprint density at radius 1 is 0.889 bits per heavy atom. The molecule has 6 nitrogen and oxygen atoms in total. The van der Waals surface area contributed by atoms with Gasteiger partial charge in [-0.05, 0) is 30.2 Å². The van der Waals surface area contributed by atoms with Gasteiger partial charge in [0.1, 0.15) is 0 Å². The second-order valence-electron chi connectivity index (χ2n) is 9.08. The molecule has 3 aromatic carbocycles. The number of hydrogen-bond donors (Lipinski definition) is 1. The van der Waals surface area contributed by atoms with Gasteiger partial charge >= 0.3 is 0 Å². The van der Waals surface area contributed by atoms with Crippen molar-refractivity contribution in [2.24, 2.45) is 0 Å². The molecule has 1 aliphatic heterocycles. The van der Waals surface area contributed by atoms with E-state index >= 15 is 0 Å². The van der Waals surface area contributed by atoms with Gasteiger partial charge in [0.15, 0.2) is 0 Å². The minimum Gasteiger partial charge on any atom is -0.379 e. The van der Waals surface area contributed by atoms with Gasteiger partial charge in [0.2, 0.25) is 0 Å². The molecule has 1 aromatic heterocycles. The molecule has 1 fully saturated rings. The molecule has 1 amide bonds. The number of nitrogens with zero attached hydrogens (tertiary/aromatic N) is 2. The molecule has 184 valence electrons. The van der Waals surface area contributed by atoms with Crippen LogP contribution in [0.1, 0.15) is 41.0 Å². The van der Waals surface area contributed by atoms with Gasteiger partial charge in [-0.25, -0.2) is 0 Å². The van der Waals surface area contributed by atoms with Crippen LogP contribution in [0, 0.1) is 0 Å². The Kier molecular flexibility index (Phi) is 7.26. The highest BCUT2D eigenvalue weighted by molar-refractivity contribution is 6.08. The first-order chi connectivity index (χ1) is 17.7. The molecular formula is C30H31N3O3. The SMILES string of the molecule is CC[C@H](NC(=O)c1c(CN2CCOCC2)n(-c2ccccc2)c(=O)c2ccccc12)c1ccccc1. The fourth-order valence-electron chi connectivity index (χ4n) is 4.96. The number of pyridine rings is 1. The van der Waals surface area contributed by atoms with Crippen LogP contribution in [0.5, 0.6) is 0 Å². The van der Waals surface area contributed by atoms with Gasteiger partial charge in [0, 0.05) is 36.1 Å². The maximum atomic E-state index is 14.1. The molecule has 0 bridgehead atoms. The fraction of sp³-hybridized carbons (Fsp3) is 0.267. The molecule has 1 aliphatic rings. The number of aromatic nitrogens is 1. The second kappa shape index (κ2) is 10.9. The van der Waals surface area contributed by atoms with Crippen molar-refractivity contribution in [3.8, 4) is 5.69 Å². The fourth-order valence-corrected chi connectivity index (χ4v) is 4.96. The summed E-state index contributed by atoms with van der Waals surface area (Å²) in [7, 11) is 0. The highest BCUT2D eigenvalue weighted by atomic mass is 16.5. The number of carbonyl (C=O) groups is 1. The molecule has 36 heavy (non-hydrogen) atoms. The lowest BCUT2D eigenvalue weighted by Gasteiger charge is -2.29. The van der Waals surface area contributed by atoms with E-state index in [0.717, 1.165) is 30.8 Å². The quantitative estimate of drug-likeness (QED) is 0.416. The van der Waals surface area contributed by atoms with E-state index in [0.29, 0.717) is 41.8 Å². The predicted molar refractivity (Wildman–Crippen MR) is 143 cm³/mol. The summed E-state index contributed by atoms with van der Waals surface area (Å²) in [6, 6.07) is 26.9. The number of hydrogen-bond acceptors (Lipinski definition) is 4. The van der Waals surface area contributed by atoms with Gasteiger partial charge in [-0.1, -0.05) is 73.7 Å². The highest BCUT2D eigenvalue weighted by Gasteiger charge is 2.26. The maximum Gasteiger partial charge on any atom is 0.263 e. The summed E-state index contributed by atoms with van der Waals surface area (Å²) in [4.78, 5) is 30.2. The van der Waals surface area contributed by atoms with E-state index in [2.05, 4.69) is 17.1 Å². The molecule has 0 aliphatic carbocycles. The van der Waals surface area contributed by atoms with E-state index in [9.17, 15) is 9.59 Å². The third-order valence-corrected chi connectivity index (χ3v) is 6.82. The lowest BCUT2D eigenvalue weighted by atomic mass is 9.99. The predicted octanol–water partition coefficient (Wildman–Crippen LogP) is 4.70.